The van der Waals surface area contributed by atoms with Crippen LogP contribution in [-0.4, -0.2) is 45.2 Å². The summed E-state index contributed by atoms with van der Waals surface area (Å²) in [6.07, 6.45) is 5.46. The van der Waals surface area contributed by atoms with Crippen molar-refractivity contribution in [3.05, 3.63) is 12.2 Å². The molecule has 1 rings (SSSR count). The second-order valence-corrected chi connectivity index (χ2v) is 5.48. The molecule has 1 N–H and O–H groups in total. The predicted molar refractivity (Wildman–Crippen MR) is 57.7 cm³/mol. The minimum Gasteiger partial charge on any atom is -0.320 e. The van der Waals surface area contributed by atoms with Crippen molar-refractivity contribution in [3.8, 4) is 0 Å². The third kappa shape index (κ3) is 3.40. The van der Waals surface area contributed by atoms with Crippen molar-refractivity contribution in [2.75, 3.05) is 32.4 Å². The molecule has 0 aliphatic carbocycles. The van der Waals surface area contributed by atoms with Gasteiger partial charge in [0.2, 0.25) is 10.0 Å². The van der Waals surface area contributed by atoms with Gasteiger partial charge in [0.15, 0.2) is 0 Å². The zero-order valence-electron chi connectivity index (χ0n) is 8.57. The van der Waals surface area contributed by atoms with Gasteiger partial charge in [-0.3, -0.25) is 0 Å². The zero-order valence-corrected chi connectivity index (χ0v) is 9.39. The smallest absolute Gasteiger partial charge is 0.214 e. The SMILES string of the molecule is CNCCCS(=O)(=O)N1CC=CCC1. The van der Waals surface area contributed by atoms with Crippen molar-refractivity contribution in [1.29, 1.82) is 0 Å². The van der Waals surface area contributed by atoms with Crippen molar-refractivity contribution in [3.63, 3.8) is 0 Å². The maximum Gasteiger partial charge on any atom is 0.214 e. The first-order valence-corrected chi connectivity index (χ1v) is 6.55. The zero-order chi connectivity index (χ0) is 10.4. The summed E-state index contributed by atoms with van der Waals surface area (Å²) in [5.41, 5.74) is 0. The number of sulfonamides is 1. The molecule has 1 heterocycles. The van der Waals surface area contributed by atoms with E-state index in [1.54, 1.807) is 4.31 Å². The largest absolute Gasteiger partial charge is 0.320 e. The van der Waals surface area contributed by atoms with E-state index in [0.717, 1.165) is 13.0 Å². The molecular weight excluding hydrogens is 200 g/mol. The van der Waals surface area contributed by atoms with E-state index in [9.17, 15) is 8.42 Å². The molecule has 0 aromatic carbocycles. The lowest BCUT2D eigenvalue weighted by molar-refractivity contribution is 0.436. The Labute approximate surface area is 86.0 Å². The van der Waals surface area contributed by atoms with Crippen molar-refractivity contribution in [2.45, 2.75) is 12.8 Å². The molecular formula is C9H18N2O2S. The van der Waals surface area contributed by atoms with E-state index in [-0.39, 0.29) is 5.75 Å². The van der Waals surface area contributed by atoms with Crippen molar-refractivity contribution < 1.29 is 8.42 Å². The highest BCUT2D eigenvalue weighted by molar-refractivity contribution is 7.89. The Kier molecular flexibility index (Phi) is 4.57. The Morgan fingerprint density at radius 2 is 2.21 bits per heavy atom. The van der Waals surface area contributed by atoms with Crippen LogP contribution in [0.5, 0.6) is 0 Å². The molecule has 4 nitrogen and oxygen atoms in total. The molecule has 82 valence electrons. The molecule has 5 heteroatoms. The van der Waals surface area contributed by atoms with Crippen LogP contribution in [0.15, 0.2) is 12.2 Å². The molecule has 0 fully saturated rings. The Bertz CT molecular complexity index is 285. The molecule has 0 amide bonds. The molecule has 1 aliphatic rings. The molecule has 0 spiro atoms. The van der Waals surface area contributed by atoms with Gasteiger partial charge < -0.3 is 5.32 Å². The molecule has 0 saturated carbocycles. The molecule has 0 bridgehead atoms. The lowest BCUT2D eigenvalue weighted by Gasteiger charge is -2.22. The van der Waals surface area contributed by atoms with E-state index in [1.165, 1.54) is 0 Å². The third-order valence-corrected chi connectivity index (χ3v) is 4.17. The quantitative estimate of drug-likeness (QED) is 0.529. The van der Waals surface area contributed by atoms with Crippen LogP contribution in [0.3, 0.4) is 0 Å². The van der Waals surface area contributed by atoms with Gasteiger partial charge in [-0.05, 0) is 26.4 Å². The van der Waals surface area contributed by atoms with Crippen molar-refractivity contribution >= 4 is 10.0 Å². The fourth-order valence-corrected chi connectivity index (χ4v) is 2.90. The summed E-state index contributed by atoms with van der Waals surface area (Å²) in [7, 11) is -1.18. The van der Waals surface area contributed by atoms with Crippen molar-refractivity contribution in [1.82, 2.24) is 9.62 Å². The monoisotopic (exact) mass is 218 g/mol. The Morgan fingerprint density at radius 1 is 1.43 bits per heavy atom. The maximum absolute atomic E-state index is 11.7. The topological polar surface area (TPSA) is 49.4 Å². The van der Waals surface area contributed by atoms with Gasteiger partial charge in [0, 0.05) is 13.1 Å². The van der Waals surface area contributed by atoms with Crippen LogP contribution in [0, 0.1) is 0 Å². The summed E-state index contributed by atoms with van der Waals surface area (Å²) in [5, 5.41) is 2.95. The normalized spacial score (nSPS) is 18.6. The molecule has 14 heavy (non-hydrogen) atoms. The number of nitrogens with one attached hydrogen (secondary N) is 1. The Balaban J connectivity index is 2.43. The van der Waals surface area contributed by atoms with Gasteiger partial charge in [0.1, 0.15) is 0 Å². The van der Waals surface area contributed by atoms with Crippen LogP contribution >= 0.6 is 0 Å². The van der Waals surface area contributed by atoms with Crippen LogP contribution in [-0.2, 0) is 10.0 Å². The first-order valence-electron chi connectivity index (χ1n) is 4.94. The first kappa shape index (κ1) is 11.7. The van der Waals surface area contributed by atoms with E-state index < -0.39 is 10.0 Å². The fourth-order valence-electron chi connectivity index (χ4n) is 1.43. The molecule has 0 aromatic heterocycles. The molecule has 0 aromatic rings. The lowest BCUT2D eigenvalue weighted by atomic mass is 10.3. The van der Waals surface area contributed by atoms with E-state index >= 15 is 0 Å². The summed E-state index contributed by atoms with van der Waals surface area (Å²) in [4.78, 5) is 0. The molecule has 1 aliphatic heterocycles. The van der Waals surface area contributed by atoms with E-state index in [1.807, 2.05) is 19.2 Å². The second-order valence-electron chi connectivity index (χ2n) is 3.39. The fraction of sp³-hybridized carbons (Fsp3) is 0.778. The summed E-state index contributed by atoms with van der Waals surface area (Å²) in [5.74, 6) is 0.252. The Hall–Kier alpha value is -0.390. The Morgan fingerprint density at radius 3 is 2.79 bits per heavy atom. The number of rotatable bonds is 5. The highest BCUT2D eigenvalue weighted by atomic mass is 32.2. The summed E-state index contributed by atoms with van der Waals surface area (Å²) in [6.45, 7) is 1.93. The van der Waals surface area contributed by atoms with Crippen LogP contribution in [0.1, 0.15) is 12.8 Å². The number of hydrogen-bond donors (Lipinski definition) is 1. The van der Waals surface area contributed by atoms with E-state index in [4.69, 9.17) is 0 Å². The van der Waals surface area contributed by atoms with Crippen LogP contribution in [0.2, 0.25) is 0 Å². The van der Waals surface area contributed by atoms with Crippen LogP contribution < -0.4 is 5.32 Å². The van der Waals surface area contributed by atoms with Gasteiger partial charge >= 0.3 is 0 Å². The summed E-state index contributed by atoms with van der Waals surface area (Å²) < 4.78 is 25.0. The highest BCUT2D eigenvalue weighted by Gasteiger charge is 2.20. The number of nitrogens with zero attached hydrogens (tertiary/aromatic N) is 1. The van der Waals surface area contributed by atoms with E-state index in [2.05, 4.69) is 5.32 Å². The van der Waals surface area contributed by atoms with Crippen molar-refractivity contribution in [2.24, 2.45) is 0 Å². The standard InChI is InChI=1S/C9H18N2O2S/c1-10-6-5-9-14(12,13)11-7-3-2-4-8-11/h2-3,10H,4-9H2,1H3. The predicted octanol–water partition coefficient (Wildman–Crippen LogP) is 0.188. The molecule has 0 unspecified atom stereocenters. The van der Waals surface area contributed by atoms with Gasteiger partial charge in [0.05, 0.1) is 5.75 Å². The van der Waals surface area contributed by atoms with E-state index in [0.29, 0.717) is 19.5 Å². The minimum absolute atomic E-state index is 0.252. The van der Waals surface area contributed by atoms with Gasteiger partial charge in [-0.2, -0.15) is 4.31 Å². The number of hydrogen-bond acceptors (Lipinski definition) is 3. The molecule has 0 atom stereocenters. The molecule has 0 radical (unpaired) electrons. The first-order chi connectivity index (χ1) is 6.67. The summed E-state index contributed by atoms with van der Waals surface area (Å²) in [6, 6.07) is 0. The summed E-state index contributed by atoms with van der Waals surface area (Å²) >= 11 is 0. The van der Waals surface area contributed by atoms with Gasteiger partial charge in [-0.25, -0.2) is 8.42 Å². The third-order valence-electron chi connectivity index (χ3n) is 2.24. The molecule has 0 saturated heterocycles. The second kappa shape index (κ2) is 5.48. The average Bonchev–Trinajstić information content (AvgIpc) is 2.19. The minimum atomic E-state index is -3.01. The van der Waals surface area contributed by atoms with Crippen LogP contribution in [0.25, 0.3) is 0 Å². The van der Waals surface area contributed by atoms with Crippen LogP contribution in [0.4, 0.5) is 0 Å². The van der Waals surface area contributed by atoms with Gasteiger partial charge in [0.25, 0.3) is 0 Å². The highest BCUT2D eigenvalue weighted by Crippen LogP contribution is 2.08. The average molecular weight is 218 g/mol. The lowest BCUT2D eigenvalue weighted by Crippen LogP contribution is -2.36. The van der Waals surface area contributed by atoms with Gasteiger partial charge in [-0.1, -0.05) is 12.2 Å². The van der Waals surface area contributed by atoms with Gasteiger partial charge in [-0.15, -0.1) is 0 Å². The maximum atomic E-state index is 11.7.